The van der Waals surface area contributed by atoms with Crippen molar-refractivity contribution in [2.45, 2.75) is 25.9 Å². The predicted octanol–water partition coefficient (Wildman–Crippen LogP) is 2.34. The van der Waals surface area contributed by atoms with E-state index in [0.717, 1.165) is 18.4 Å². The Morgan fingerprint density at radius 3 is 2.79 bits per heavy atom. The zero-order valence-electron chi connectivity index (χ0n) is 16.0. The molecule has 0 heterocycles. The predicted molar refractivity (Wildman–Crippen MR) is 102 cm³/mol. The molecule has 1 aliphatic rings. The van der Waals surface area contributed by atoms with Gasteiger partial charge in [-0.15, -0.1) is 0 Å². The quantitative estimate of drug-likeness (QED) is 0.444. The smallest absolute Gasteiger partial charge is 0.407 e. The van der Waals surface area contributed by atoms with E-state index in [-0.39, 0.29) is 17.8 Å². The average Bonchev–Trinajstić information content (AvgIpc) is 2.64. The summed E-state index contributed by atoms with van der Waals surface area (Å²) in [4.78, 5) is 22.7. The van der Waals surface area contributed by atoms with Crippen LogP contribution in [0.25, 0.3) is 0 Å². The molecule has 0 radical (unpaired) electrons. The third kappa shape index (κ3) is 7.56. The minimum absolute atomic E-state index is 0.116. The lowest BCUT2D eigenvalue weighted by Gasteiger charge is -2.34. The molecule has 1 fully saturated rings. The summed E-state index contributed by atoms with van der Waals surface area (Å²) < 4.78 is 29.2. The third-order valence-corrected chi connectivity index (χ3v) is 4.37. The number of carbonyl (C=O) groups excluding carboxylic acids is 2. The second kappa shape index (κ2) is 11.3. The van der Waals surface area contributed by atoms with Crippen LogP contribution in [-0.4, -0.2) is 51.0 Å². The van der Waals surface area contributed by atoms with Crippen LogP contribution in [0.2, 0.25) is 0 Å². The van der Waals surface area contributed by atoms with Gasteiger partial charge in [0.25, 0.3) is 0 Å². The molecule has 154 valence electrons. The summed E-state index contributed by atoms with van der Waals surface area (Å²) in [6.45, 7) is 7.06. The van der Waals surface area contributed by atoms with Crippen molar-refractivity contribution in [3.8, 4) is 5.75 Å². The minimum Gasteiger partial charge on any atom is -0.491 e. The molecule has 28 heavy (non-hydrogen) atoms. The molecule has 1 saturated carbocycles. The van der Waals surface area contributed by atoms with Crippen molar-refractivity contribution in [2.75, 3.05) is 32.9 Å². The highest BCUT2D eigenvalue weighted by Crippen LogP contribution is 2.29. The van der Waals surface area contributed by atoms with E-state index < -0.39 is 6.09 Å². The lowest BCUT2D eigenvalue weighted by Crippen LogP contribution is -2.42. The number of amides is 2. The Kier molecular flexibility index (Phi) is 8.74. The van der Waals surface area contributed by atoms with Crippen LogP contribution in [0.5, 0.6) is 5.75 Å². The number of benzene rings is 1. The second-order valence-corrected chi connectivity index (χ2v) is 6.61. The van der Waals surface area contributed by atoms with Crippen molar-refractivity contribution >= 4 is 12.0 Å². The van der Waals surface area contributed by atoms with Crippen molar-refractivity contribution < 1.29 is 28.2 Å². The maximum absolute atomic E-state index is 13.1. The van der Waals surface area contributed by atoms with Crippen molar-refractivity contribution in [3.05, 3.63) is 42.2 Å². The van der Waals surface area contributed by atoms with E-state index in [9.17, 15) is 14.0 Å². The fourth-order valence-electron chi connectivity index (χ4n) is 2.71. The number of hydrogen-bond donors (Lipinski definition) is 2. The molecule has 1 aromatic carbocycles. The molecule has 0 atom stereocenters. The molecule has 0 bridgehead atoms. The largest absolute Gasteiger partial charge is 0.491 e. The van der Waals surface area contributed by atoms with Crippen molar-refractivity contribution in [2.24, 2.45) is 5.92 Å². The molecular formula is C20H27FN2O5. The van der Waals surface area contributed by atoms with Crippen LogP contribution in [0.15, 0.2) is 30.9 Å². The number of alkyl carbamates (subject to hydrolysis) is 1. The van der Waals surface area contributed by atoms with Crippen LogP contribution in [0.1, 0.15) is 18.4 Å². The summed E-state index contributed by atoms with van der Waals surface area (Å²) in [5.41, 5.74) is 0.854. The van der Waals surface area contributed by atoms with Crippen molar-refractivity contribution in [1.82, 2.24) is 10.6 Å². The first-order valence-corrected chi connectivity index (χ1v) is 9.29. The molecule has 2 N–H and O–H groups in total. The van der Waals surface area contributed by atoms with Gasteiger partial charge in [0.1, 0.15) is 24.3 Å². The van der Waals surface area contributed by atoms with Gasteiger partial charge in [-0.1, -0.05) is 12.6 Å². The van der Waals surface area contributed by atoms with E-state index in [1.54, 1.807) is 6.07 Å². The summed E-state index contributed by atoms with van der Waals surface area (Å²) in [7, 11) is 0. The SMILES string of the molecule is C=CC(=O)NCC1CC(OC(=O)NCCOCCOc2cc(F)ccc2C)C1. The minimum atomic E-state index is -0.478. The molecule has 1 aromatic rings. The third-order valence-electron chi connectivity index (χ3n) is 4.37. The van der Waals surface area contributed by atoms with E-state index in [1.165, 1.54) is 18.2 Å². The van der Waals surface area contributed by atoms with Crippen LogP contribution >= 0.6 is 0 Å². The fraction of sp³-hybridized carbons (Fsp3) is 0.500. The Hall–Kier alpha value is -2.61. The molecule has 8 heteroatoms. The van der Waals surface area contributed by atoms with Gasteiger partial charge in [-0.3, -0.25) is 4.79 Å². The summed E-state index contributed by atoms with van der Waals surface area (Å²) in [5.74, 6) is 0.280. The summed E-state index contributed by atoms with van der Waals surface area (Å²) in [6, 6.07) is 4.38. The number of ether oxygens (including phenoxy) is 3. The first kappa shape index (κ1) is 21.7. The summed E-state index contributed by atoms with van der Waals surface area (Å²) in [6.07, 6.45) is 2.11. The maximum Gasteiger partial charge on any atom is 0.407 e. The Balaban J connectivity index is 1.45. The highest BCUT2D eigenvalue weighted by Gasteiger charge is 2.32. The zero-order valence-corrected chi connectivity index (χ0v) is 16.0. The van der Waals surface area contributed by atoms with Gasteiger partial charge in [-0.25, -0.2) is 9.18 Å². The van der Waals surface area contributed by atoms with Gasteiger partial charge >= 0.3 is 6.09 Å². The molecule has 0 saturated heterocycles. The van der Waals surface area contributed by atoms with Gasteiger partial charge in [0.15, 0.2) is 0 Å². The first-order chi connectivity index (χ1) is 13.5. The number of hydrogen-bond acceptors (Lipinski definition) is 5. The Labute approximate surface area is 164 Å². The molecule has 0 spiro atoms. The van der Waals surface area contributed by atoms with E-state index >= 15 is 0 Å². The van der Waals surface area contributed by atoms with Crippen molar-refractivity contribution in [3.63, 3.8) is 0 Å². The molecule has 0 aliphatic heterocycles. The Morgan fingerprint density at radius 2 is 2.04 bits per heavy atom. The molecule has 1 aliphatic carbocycles. The Bertz CT molecular complexity index is 677. The monoisotopic (exact) mass is 394 g/mol. The van der Waals surface area contributed by atoms with Gasteiger partial charge in [0, 0.05) is 19.2 Å². The first-order valence-electron chi connectivity index (χ1n) is 9.29. The zero-order chi connectivity index (χ0) is 20.4. The number of nitrogens with one attached hydrogen (secondary N) is 2. The topological polar surface area (TPSA) is 85.9 Å². The summed E-state index contributed by atoms with van der Waals surface area (Å²) in [5, 5.41) is 5.35. The highest BCUT2D eigenvalue weighted by molar-refractivity contribution is 5.86. The van der Waals surface area contributed by atoms with E-state index in [1.807, 2.05) is 6.92 Å². The van der Waals surface area contributed by atoms with E-state index in [4.69, 9.17) is 14.2 Å². The number of carbonyl (C=O) groups is 2. The summed E-state index contributed by atoms with van der Waals surface area (Å²) >= 11 is 0. The van der Waals surface area contributed by atoms with Crippen LogP contribution in [0.3, 0.4) is 0 Å². The highest BCUT2D eigenvalue weighted by atomic mass is 19.1. The average molecular weight is 394 g/mol. The maximum atomic E-state index is 13.1. The van der Waals surface area contributed by atoms with Gasteiger partial charge in [0.05, 0.1) is 13.2 Å². The van der Waals surface area contributed by atoms with E-state index in [0.29, 0.717) is 44.6 Å². The van der Waals surface area contributed by atoms with Gasteiger partial charge in [-0.2, -0.15) is 0 Å². The number of aryl methyl sites for hydroxylation is 1. The second-order valence-electron chi connectivity index (χ2n) is 6.61. The Morgan fingerprint density at radius 1 is 1.25 bits per heavy atom. The standard InChI is InChI=1S/C20H27FN2O5/c1-3-19(24)23-13-15-10-17(11-15)28-20(25)22-6-7-26-8-9-27-18-12-16(21)5-4-14(18)2/h3-5,12,15,17H,1,6-11,13H2,2H3,(H,22,25)(H,23,24). The lowest BCUT2D eigenvalue weighted by atomic mass is 9.82. The molecule has 0 unspecified atom stereocenters. The van der Waals surface area contributed by atoms with Gasteiger partial charge in [0.2, 0.25) is 5.91 Å². The molecule has 2 rings (SSSR count). The normalized spacial score (nSPS) is 17.9. The molecular weight excluding hydrogens is 367 g/mol. The van der Waals surface area contributed by atoms with Crippen LogP contribution in [-0.2, 0) is 14.3 Å². The fourth-order valence-corrected chi connectivity index (χ4v) is 2.71. The number of rotatable bonds is 11. The molecule has 0 aromatic heterocycles. The molecule has 2 amide bonds. The van der Waals surface area contributed by atoms with Crippen LogP contribution in [0.4, 0.5) is 9.18 Å². The van der Waals surface area contributed by atoms with E-state index in [2.05, 4.69) is 17.2 Å². The van der Waals surface area contributed by atoms with Gasteiger partial charge in [-0.05, 0) is 43.4 Å². The van der Waals surface area contributed by atoms with Crippen molar-refractivity contribution in [1.29, 1.82) is 0 Å². The van der Waals surface area contributed by atoms with Crippen LogP contribution in [0, 0.1) is 18.7 Å². The lowest BCUT2D eigenvalue weighted by molar-refractivity contribution is -0.117. The van der Waals surface area contributed by atoms with Crippen LogP contribution < -0.4 is 15.4 Å². The number of halogens is 1. The van der Waals surface area contributed by atoms with Gasteiger partial charge < -0.3 is 24.8 Å². The molecule has 7 nitrogen and oxygen atoms in total.